The number of piperidine rings is 1. The number of amides is 3. The number of nitrogen functional groups attached to an aromatic ring is 1. The molecule has 1 atom stereocenters. The maximum atomic E-state index is 12.6. The van der Waals surface area contributed by atoms with Crippen molar-refractivity contribution in [2.45, 2.75) is 25.3 Å². The summed E-state index contributed by atoms with van der Waals surface area (Å²) in [7, 11) is 0. The molecule has 3 N–H and O–H groups in total. The van der Waals surface area contributed by atoms with Gasteiger partial charge < -0.3 is 11.1 Å². The molecule has 0 radical (unpaired) electrons. The minimum absolute atomic E-state index is 0.181. The highest BCUT2D eigenvalue weighted by atomic mass is 16.2. The van der Waals surface area contributed by atoms with Crippen LogP contribution >= 0.6 is 0 Å². The standard InChI is InChI=1S/C15H15N3O3/c1-8-6-7-15(2,14(21)17-8)18-12(19)9-4-3-5-10(16)11(9)13(18)20/h3-5H,1,6-7,16H2,2H3,(H,17,21). The van der Waals surface area contributed by atoms with Crippen molar-refractivity contribution in [3.05, 3.63) is 41.6 Å². The van der Waals surface area contributed by atoms with Crippen LogP contribution in [0.4, 0.5) is 5.69 Å². The van der Waals surface area contributed by atoms with Crippen molar-refractivity contribution in [2.75, 3.05) is 5.73 Å². The Kier molecular flexibility index (Phi) is 2.66. The quantitative estimate of drug-likeness (QED) is 0.596. The number of carbonyl (C=O) groups is 3. The second-order valence-electron chi connectivity index (χ2n) is 5.55. The number of allylic oxidation sites excluding steroid dienone is 1. The highest BCUT2D eigenvalue weighted by molar-refractivity contribution is 6.25. The summed E-state index contributed by atoms with van der Waals surface area (Å²) in [5, 5.41) is 2.62. The molecule has 3 amide bonds. The van der Waals surface area contributed by atoms with E-state index < -0.39 is 23.3 Å². The second-order valence-corrected chi connectivity index (χ2v) is 5.55. The molecule has 0 aromatic heterocycles. The Labute approximate surface area is 121 Å². The maximum absolute atomic E-state index is 12.6. The van der Waals surface area contributed by atoms with E-state index in [2.05, 4.69) is 11.9 Å². The molecule has 1 aromatic rings. The molecular weight excluding hydrogens is 270 g/mol. The van der Waals surface area contributed by atoms with E-state index in [1.165, 1.54) is 0 Å². The number of rotatable bonds is 1. The smallest absolute Gasteiger partial charge is 0.264 e. The van der Waals surface area contributed by atoms with E-state index in [1.54, 1.807) is 25.1 Å². The number of benzene rings is 1. The lowest BCUT2D eigenvalue weighted by atomic mass is 9.88. The summed E-state index contributed by atoms with van der Waals surface area (Å²) in [5.41, 5.74) is 5.85. The van der Waals surface area contributed by atoms with Gasteiger partial charge in [-0.15, -0.1) is 0 Å². The number of nitrogens with two attached hydrogens (primary N) is 1. The minimum atomic E-state index is -1.22. The molecule has 1 unspecified atom stereocenters. The van der Waals surface area contributed by atoms with E-state index in [0.29, 0.717) is 18.5 Å². The number of imide groups is 1. The first kappa shape index (κ1) is 13.4. The van der Waals surface area contributed by atoms with Gasteiger partial charge >= 0.3 is 0 Å². The summed E-state index contributed by atoms with van der Waals surface area (Å²) in [4.78, 5) is 38.4. The van der Waals surface area contributed by atoms with E-state index in [4.69, 9.17) is 5.73 Å². The van der Waals surface area contributed by atoms with Crippen LogP contribution in [0.5, 0.6) is 0 Å². The first-order valence-corrected chi connectivity index (χ1v) is 6.63. The van der Waals surface area contributed by atoms with Gasteiger partial charge in [0.1, 0.15) is 5.54 Å². The van der Waals surface area contributed by atoms with Crippen LogP contribution in [0.3, 0.4) is 0 Å². The number of carbonyl (C=O) groups excluding carboxylic acids is 3. The number of fused-ring (bicyclic) bond motifs is 1. The summed E-state index contributed by atoms with van der Waals surface area (Å²) in [5.74, 6) is -1.39. The molecule has 108 valence electrons. The fraction of sp³-hybridized carbons (Fsp3) is 0.267. The molecule has 2 aliphatic heterocycles. The predicted octanol–water partition coefficient (Wildman–Crippen LogP) is 1.05. The Hall–Kier alpha value is -2.63. The van der Waals surface area contributed by atoms with Gasteiger partial charge in [-0.1, -0.05) is 12.6 Å². The third kappa shape index (κ3) is 1.68. The number of anilines is 1. The molecule has 2 aliphatic rings. The Balaban J connectivity index is 2.08. The van der Waals surface area contributed by atoms with Crippen molar-refractivity contribution < 1.29 is 14.4 Å². The van der Waals surface area contributed by atoms with Crippen LogP contribution in [0.1, 0.15) is 40.5 Å². The van der Waals surface area contributed by atoms with Gasteiger partial charge in [-0.05, 0) is 31.9 Å². The molecule has 0 aliphatic carbocycles. The highest BCUT2D eigenvalue weighted by Gasteiger charge is 2.52. The Morgan fingerprint density at radius 2 is 2.00 bits per heavy atom. The Morgan fingerprint density at radius 3 is 2.62 bits per heavy atom. The molecule has 0 spiro atoms. The fourth-order valence-corrected chi connectivity index (χ4v) is 2.84. The molecule has 1 saturated heterocycles. The topological polar surface area (TPSA) is 92.5 Å². The monoisotopic (exact) mass is 285 g/mol. The van der Waals surface area contributed by atoms with Crippen molar-refractivity contribution in [2.24, 2.45) is 0 Å². The summed E-state index contributed by atoms with van der Waals surface area (Å²) < 4.78 is 0. The van der Waals surface area contributed by atoms with Crippen molar-refractivity contribution in [1.82, 2.24) is 10.2 Å². The van der Waals surface area contributed by atoms with Gasteiger partial charge in [0, 0.05) is 11.4 Å². The van der Waals surface area contributed by atoms with Crippen molar-refractivity contribution >= 4 is 23.4 Å². The lowest BCUT2D eigenvalue weighted by molar-refractivity contribution is -0.131. The maximum Gasteiger partial charge on any atom is 0.264 e. The van der Waals surface area contributed by atoms with Gasteiger partial charge in [-0.2, -0.15) is 0 Å². The van der Waals surface area contributed by atoms with Gasteiger partial charge in [0.25, 0.3) is 11.8 Å². The molecule has 1 aromatic carbocycles. The lowest BCUT2D eigenvalue weighted by Crippen LogP contribution is -2.60. The summed E-state index contributed by atoms with van der Waals surface area (Å²) in [6.45, 7) is 5.30. The molecule has 1 fully saturated rings. The lowest BCUT2D eigenvalue weighted by Gasteiger charge is -2.39. The number of nitrogens with one attached hydrogen (secondary N) is 1. The molecule has 21 heavy (non-hydrogen) atoms. The second kappa shape index (κ2) is 4.18. The average Bonchev–Trinajstić information content (AvgIpc) is 2.68. The van der Waals surface area contributed by atoms with Crippen LogP contribution in [0, 0.1) is 0 Å². The van der Waals surface area contributed by atoms with Crippen LogP contribution < -0.4 is 11.1 Å². The van der Waals surface area contributed by atoms with Gasteiger partial charge in [-0.3, -0.25) is 19.3 Å². The number of hydrogen-bond acceptors (Lipinski definition) is 4. The first-order chi connectivity index (χ1) is 9.86. The Morgan fingerprint density at radius 1 is 1.29 bits per heavy atom. The first-order valence-electron chi connectivity index (χ1n) is 6.63. The highest BCUT2D eigenvalue weighted by Crippen LogP contribution is 2.36. The summed E-state index contributed by atoms with van der Waals surface area (Å²) >= 11 is 0. The van der Waals surface area contributed by atoms with E-state index in [1.807, 2.05) is 0 Å². The average molecular weight is 285 g/mol. The summed E-state index contributed by atoms with van der Waals surface area (Å²) in [6, 6.07) is 4.74. The third-order valence-corrected chi connectivity index (χ3v) is 4.13. The van der Waals surface area contributed by atoms with Gasteiger partial charge in [0.15, 0.2) is 0 Å². The van der Waals surface area contributed by atoms with Crippen LogP contribution in [-0.2, 0) is 4.79 Å². The van der Waals surface area contributed by atoms with E-state index >= 15 is 0 Å². The van der Waals surface area contributed by atoms with Crippen LogP contribution in [-0.4, -0.2) is 28.2 Å². The molecule has 6 nitrogen and oxygen atoms in total. The minimum Gasteiger partial charge on any atom is -0.398 e. The molecule has 6 heteroatoms. The van der Waals surface area contributed by atoms with Crippen LogP contribution in [0.2, 0.25) is 0 Å². The van der Waals surface area contributed by atoms with Crippen LogP contribution in [0.25, 0.3) is 0 Å². The molecular formula is C15H15N3O3. The third-order valence-electron chi connectivity index (χ3n) is 4.13. The summed E-state index contributed by atoms with van der Waals surface area (Å²) in [6.07, 6.45) is 0.869. The van der Waals surface area contributed by atoms with E-state index in [-0.39, 0.29) is 16.8 Å². The van der Waals surface area contributed by atoms with Crippen molar-refractivity contribution in [1.29, 1.82) is 0 Å². The van der Waals surface area contributed by atoms with Gasteiger partial charge in [0.2, 0.25) is 5.91 Å². The van der Waals surface area contributed by atoms with Crippen molar-refractivity contribution in [3.63, 3.8) is 0 Å². The van der Waals surface area contributed by atoms with E-state index in [0.717, 1.165) is 4.90 Å². The normalized spacial score (nSPS) is 25.1. The number of nitrogens with zero attached hydrogens (tertiary/aromatic N) is 1. The zero-order valence-corrected chi connectivity index (χ0v) is 11.6. The molecule has 2 heterocycles. The van der Waals surface area contributed by atoms with Gasteiger partial charge in [0.05, 0.1) is 11.1 Å². The zero-order valence-electron chi connectivity index (χ0n) is 11.6. The van der Waals surface area contributed by atoms with Crippen LogP contribution in [0.15, 0.2) is 30.5 Å². The molecule has 3 rings (SSSR count). The zero-order chi connectivity index (χ0) is 15.4. The predicted molar refractivity (Wildman–Crippen MR) is 76.3 cm³/mol. The van der Waals surface area contributed by atoms with Gasteiger partial charge in [-0.25, -0.2) is 0 Å². The fourth-order valence-electron chi connectivity index (χ4n) is 2.84. The molecule has 0 bridgehead atoms. The SMILES string of the molecule is C=C1CCC(C)(N2C(=O)c3cccc(N)c3C2=O)C(=O)N1. The largest absolute Gasteiger partial charge is 0.398 e. The number of hydrogen-bond donors (Lipinski definition) is 2. The Bertz CT molecular complexity index is 710. The van der Waals surface area contributed by atoms with Crippen molar-refractivity contribution in [3.8, 4) is 0 Å². The molecule has 0 saturated carbocycles. The van der Waals surface area contributed by atoms with E-state index in [9.17, 15) is 14.4 Å².